The molecule has 0 fully saturated rings. The Balaban J connectivity index is 2.26. The van der Waals surface area contributed by atoms with E-state index in [4.69, 9.17) is 10.5 Å². The van der Waals surface area contributed by atoms with Crippen LogP contribution in [0.4, 0.5) is 0 Å². The Kier molecular flexibility index (Phi) is 6.80. The largest absolute Gasteiger partial charge is 0.379 e. The van der Waals surface area contributed by atoms with Gasteiger partial charge in [-0.15, -0.1) is 0 Å². The van der Waals surface area contributed by atoms with Gasteiger partial charge in [-0.1, -0.05) is 29.8 Å². The highest BCUT2D eigenvalue weighted by Gasteiger charge is 2.14. The molecule has 6 nitrogen and oxygen atoms in total. The van der Waals surface area contributed by atoms with Crippen molar-refractivity contribution in [1.82, 2.24) is 5.32 Å². The van der Waals surface area contributed by atoms with Gasteiger partial charge in [-0.2, -0.15) is 0 Å². The van der Waals surface area contributed by atoms with E-state index in [9.17, 15) is 13.2 Å². The Morgan fingerprint density at radius 1 is 1.29 bits per heavy atom. The van der Waals surface area contributed by atoms with Crippen molar-refractivity contribution < 1.29 is 17.9 Å². The summed E-state index contributed by atoms with van der Waals surface area (Å²) in [5.74, 6) is -0.310. The van der Waals surface area contributed by atoms with E-state index in [1.807, 2.05) is 31.2 Å². The third kappa shape index (κ3) is 7.22. The van der Waals surface area contributed by atoms with Crippen molar-refractivity contribution in [3.05, 3.63) is 35.4 Å². The van der Waals surface area contributed by atoms with Crippen molar-refractivity contribution in [3.63, 3.8) is 0 Å². The van der Waals surface area contributed by atoms with Crippen LogP contribution in [0.5, 0.6) is 0 Å². The lowest BCUT2D eigenvalue weighted by atomic mass is 10.1. The fraction of sp³-hybridized carbons (Fsp3) is 0.500. The number of aryl methyl sites for hydroxylation is 1. The zero-order valence-electron chi connectivity index (χ0n) is 12.3. The van der Waals surface area contributed by atoms with Crippen LogP contribution in [0.15, 0.2) is 24.3 Å². The molecule has 0 aliphatic heterocycles. The predicted octanol–water partition coefficient (Wildman–Crippen LogP) is 0.172. The molecule has 1 atom stereocenters. The van der Waals surface area contributed by atoms with Gasteiger partial charge in [-0.25, -0.2) is 8.42 Å². The summed E-state index contributed by atoms with van der Waals surface area (Å²) in [6.07, 6.45) is 1.15. The Hall–Kier alpha value is -1.44. The van der Waals surface area contributed by atoms with Gasteiger partial charge in [0.25, 0.3) is 0 Å². The van der Waals surface area contributed by atoms with E-state index < -0.39 is 15.9 Å². The highest BCUT2D eigenvalue weighted by molar-refractivity contribution is 7.90. The van der Waals surface area contributed by atoms with Gasteiger partial charge >= 0.3 is 0 Å². The Labute approximate surface area is 125 Å². The fourth-order valence-corrected chi connectivity index (χ4v) is 2.01. The molecule has 21 heavy (non-hydrogen) atoms. The van der Waals surface area contributed by atoms with Crippen molar-refractivity contribution in [3.8, 4) is 0 Å². The summed E-state index contributed by atoms with van der Waals surface area (Å²) in [6, 6.07) is 6.72. The second kappa shape index (κ2) is 8.11. The number of hydrogen-bond donors (Lipinski definition) is 2. The topological polar surface area (TPSA) is 98.5 Å². The summed E-state index contributed by atoms with van der Waals surface area (Å²) in [7, 11) is -3.01. The molecule has 0 radical (unpaired) electrons. The SMILES string of the molecule is Cc1ccc(C(N)C(=O)NCCOCCS(C)(=O)=O)cc1. The van der Waals surface area contributed by atoms with Gasteiger partial charge in [0, 0.05) is 12.8 Å². The second-order valence-electron chi connectivity index (χ2n) is 4.92. The highest BCUT2D eigenvalue weighted by Crippen LogP contribution is 2.11. The van der Waals surface area contributed by atoms with Crippen molar-refractivity contribution in [2.75, 3.05) is 31.8 Å². The first-order chi connectivity index (χ1) is 9.79. The molecule has 0 saturated heterocycles. The number of carbonyl (C=O) groups is 1. The van der Waals surface area contributed by atoms with E-state index in [-0.39, 0.29) is 24.9 Å². The van der Waals surface area contributed by atoms with Crippen molar-refractivity contribution in [1.29, 1.82) is 0 Å². The molecule has 118 valence electrons. The van der Waals surface area contributed by atoms with Crippen LogP contribution in [0.3, 0.4) is 0 Å². The van der Waals surface area contributed by atoms with E-state index in [0.29, 0.717) is 6.54 Å². The lowest BCUT2D eigenvalue weighted by Gasteiger charge is -2.13. The Morgan fingerprint density at radius 3 is 2.48 bits per heavy atom. The van der Waals surface area contributed by atoms with Crippen LogP contribution in [0.2, 0.25) is 0 Å². The minimum absolute atomic E-state index is 0.0240. The van der Waals surface area contributed by atoms with Crippen LogP contribution in [-0.2, 0) is 19.4 Å². The number of ether oxygens (including phenoxy) is 1. The minimum atomic E-state index is -3.01. The number of benzene rings is 1. The number of hydrogen-bond acceptors (Lipinski definition) is 5. The number of nitrogens with one attached hydrogen (secondary N) is 1. The van der Waals surface area contributed by atoms with Crippen LogP contribution in [0.25, 0.3) is 0 Å². The van der Waals surface area contributed by atoms with Gasteiger partial charge < -0.3 is 15.8 Å². The third-order valence-electron chi connectivity index (χ3n) is 2.86. The lowest BCUT2D eigenvalue weighted by molar-refractivity contribution is -0.122. The first kappa shape index (κ1) is 17.6. The monoisotopic (exact) mass is 314 g/mol. The van der Waals surface area contributed by atoms with E-state index in [1.165, 1.54) is 0 Å². The van der Waals surface area contributed by atoms with Gasteiger partial charge in [0.2, 0.25) is 5.91 Å². The van der Waals surface area contributed by atoms with E-state index in [2.05, 4.69) is 5.32 Å². The molecule has 1 amide bonds. The van der Waals surface area contributed by atoms with Gasteiger partial charge in [-0.05, 0) is 12.5 Å². The molecule has 0 aromatic heterocycles. The van der Waals surface area contributed by atoms with Crippen LogP contribution >= 0.6 is 0 Å². The zero-order chi connectivity index (χ0) is 15.9. The number of carbonyl (C=O) groups excluding carboxylic acids is 1. The molecule has 0 aliphatic carbocycles. The summed E-state index contributed by atoms with van der Waals surface area (Å²) in [4.78, 5) is 11.8. The van der Waals surface area contributed by atoms with Gasteiger partial charge in [0.15, 0.2) is 0 Å². The van der Waals surface area contributed by atoms with Crippen molar-refractivity contribution in [2.45, 2.75) is 13.0 Å². The summed E-state index contributed by atoms with van der Waals surface area (Å²) >= 11 is 0. The molecular formula is C14H22N2O4S. The molecule has 3 N–H and O–H groups in total. The normalized spacial score (nSPS) is 12.9. The maximum Gasteiger partial charge on any atom is 0.241 e. The van der Waals surface area contributed by atoms with Crippen LogP contribution in [-0.4, -0.2) is 46.1 Å². The number of amides is 1. The Morgan fingerprint density at radius 2 is 1.90 bits per heavy atom. The third-order valence-corrected chi connectivity index (χ3v) is 3.77. The molecule has 0 heterocycles. The molecule has 0 aliphatic rings. The minimum Gasteiger partial charge on any atom is -0.379 e. The molecule has 7 heteroatoms. The van der Waals surface area contributed by atoms with Crippen LogP contribution < -0.4 is 11.1 Å². The van der Waals surface area contributed by atoms with Gasteiger partial charge in [0.05, 0.1) is 19.0 Å². The standard InChI is InChI=1S/C14H22N2O4S/c1-11-3-5-12(6-4-11)13(15)14(17)16-7-8-20-9-10-21(2,18)19/h3-6,13H,7-10,15H2,1-2H3,(H,16,17). The molecule has 0 bridgehead atoms. The number of sulfone groups is 1. The Bertz CT molecular complexity index is 555. The summed E-state index contributed by atoms with van der Waals surface area (Å²) < 4.78 is 26.9. The summed E-state index contributed by atoms with van der Waals surface area (Å²) in [5, 5.41) is 2.65. The first-order valence-electron chi connectivity index (χ1n) is 6.65. The summed E-state index contributed by atoms with van der Waals surface area (Å²) in [5.41, 5.74) is 7.70. The van der Waals surface area contributed by atoms with E-state index in [0.717, 1.165) is 17.4 Å². The van der Waals surface area contributed by atoms with Crippen molar-refractivity contribution >= 4 is 15.7 Å². The van der Waals surface area contributed by atoms with Crippen molar-refractivity contribution in [2.24, 2.45) is 5.73 Å². The molecule has 0 spiro atoms. The molecule has 1 unspecified atom stereocenters. The van der Waals surface area contributed by atoms with E-state index >= 15 is 0 Å². The van der Waals surface area contributed by atoms with Gasteiger partial charge in [0.1, 0.15) is 15.9 Å². The second-order valence-corrected chi connectivity index (χ2v) is 7.18. The van der Waals surface area contributed by atoms with E-state index in [1.54, 1.807) is 0 Å². The highest BCUT2D eigenvalue weighted by atomic mass is 32.2. The fourth-order valence-electron chi connectivity index (χ4n) is 1.59. The first-order valence-corrected chi connectivity index (χ1v) is 8.71. The van der Waals surface area contributed by atoms with Crippen LogP contribution in [0.1, 0.15) is 17.2 Å². The molecule has 1 rings (SSSR count). The quantitative estimate of drug-likeness (QED) is 0.667. The number of rotatable bonds is 8. The average Bonchev–Trinajstić information content (AvgIpc) is 2.41. The van der Waals surface area contributed by atoms with Crippen LogP contribution in [0, 0.1) is 6.92 Å². The molecule has 1 aromatic rings. The predicted molar refractivity (Wildman–Crippen MR) is 81.6 cm³/mol. The number of nitrogens with two attached hydrogens (primary N) is 1. The molecular weight excluding hydrogens is 292 g/mol. The average molecular weight is 314 g/mol. The summed E-state index contributed by atoms with van der Waals surface area (Å²) in [6.45, 7) is 2.63. The smallest absolute Gasteiger partial charge is 0.241 e. The lowest BCUT2D eigenvalue weighted by Crippen LogP contribution is -2.36. The zero-order valence-corrected chi connectivity index (χ0v) is 13.2. The molecule has 0 saturated carbocycles. The van der Waals surface area contributed by atoms with Gasteiger partial charge in [-0.3, -0.25) is 4.79 Å². The maximum absolute atomic E-state index is 11.8. The molecule has 1 aromatic carbocycles. The maximum atomic E-state index is 11.8.